The van der Waals surface area contributed by atoms with E-state index in [-0.39, 0.29) is 11.9 Å². The summed E-state index contributed by atoms with van der Waals surface area (Å²) in [5.41, 5.74) is 4.93. The van der Waals surface area contributed by atoms with Gasteiger partial charge in [-0.15, -0.1) is 0 Å². The Bertz CT molecular complexity index is 248. The van der Waals surface area contributed by atoms with Gasteiger partial charge in [0.05, 0.1) is 6.04 Å². The molecule has 5 heteroatoms. The van der Waals surface area contributed by atoms with Gasteiger partial charge in [0.2, 0.25) is 5.91 Å². The number of nitrogens with zero attached hydrogens (tertiary/aromatic N) is 1. The van der Waals surface area contributed by atoms with Gasteiger partial charge in [-0.1, -0.05) is 19.3 Å². The van der Waals surface area contributed by atoms with Crippen LogP contribution in [0.15, 0.2) is 0 Å². The first-order chi connectivity index (χ1) is 7.61. The number of nitrogens with one attached hydrogen (secondary N) is 1. The standard InChI is InChI=1S/C11H21N3O2/c1-9(10(15)13-11(12)16)14-7-5-3-2-4-6-8-14/h9H,2-8H2,1H3,(H3,12,13,15,16)/t9-/m1/s1. The first-order valence-corrected chi connectivity index (χ1v) is 5.95. The number of nitrogens with two attached hydrogens (primary N) is 1. The molecule has 0 radical (unpaired) electrons. The number of primary amides is 1. The molecular weight excluding hydrogens is 206 g/mol. The van der Waals surface area contributed by atoms with E-state index in [1.165, 1.54) is 19.3 Å². The lowest BCUT2D eigenvalue weighted by Gasteiger charge is -2.29. The van der Waals surface area contributed by atoms with Crippen molar-refractivity contribution in [3.63, 3.8) is 0 Å². The van der Waals surface area contributed by atoms with Crippen LogP contribution in [0.3, 0.4) is 0 Å². The average molecular weight is 227 g/mol. The number of amides is 3. The van der Waals surface area contributed by atoms with Gasteiger partial charge in [-0.2, -0.15) is 0 Å². The Morgan fingerprint density at radius 1 is 1.12 bits per heavy atom. The van der Waals surface area contributed by atoms with Crippen LogP contribution in [-0.2, 0) is 4.79 Å². The number of likely N-dealkylation sites (tertiary alicyclic amines) is 1. The molecule has 1 aliphatic heterocycles. The summed E-state index contributed by atoms with van der Waals surface area (Å²) < 4.78 is 0. The molecule has 0 aromatic rings. The molecule has 0 aliphatic carbocycles. The van der Waals surface area contributed by atoms with E-state index in [1.807, 2.05) is 6.92 Å². The summed E-state index contributed by atoms with van der Waals surface area (Å²) in [5, 5.41) is 2.13. The summed E-state index contributed by atoms with van der Waals surface area (Å²) in [6, 6.07) is -1.05. The molecule has 0 spiro atoms. The third-order valence-corrected chi connectivity index (χ3v) is 3.06. The summed E-state index contributed by atoms with van der Waals surface area (Å²) in [4.78, 5) is 24.3. The van der Waals surface area contributed by atoms with Crippen LogP contribution in [0.4, 0.5) is 4.79 Å². The van der Waals surface area contributed by atoms with Crippen LogP contribution in [0.25, 0.3) is 0 Å². The van der Waals surface area contributed by atoms with Crippen LogP contribution in [0.1, 0.15) is 39.0 Å². The highest BCUT2D eigenvalue weighted by atomic mass is 16.2. The molecule has 92 valence electrons. The van der Waals surface area contributed by atoms with Crippen molar-refractivity contribution in [1.82, 2.24) is 10.2 Å². The lowest BCUT2D eigenvalue weighted by molar-refractivity contribution is -0.124. The molecule has 1 atom stereocenters. The Morgan fingerprint density at radius 3 is 2.12 bits per heavy atom. The maximum absolute atomic E-state index is 11.6. The second-order valence-electron chi connectivity index (χ2n) is 4.33. The smallest absolute Gasteiger partial charge is 0.318 e. The summed E-state index contributed by atoms with van der Waals surface area (Å²) >= 11 is 0. The Hall–Kier alpha value is -1.10. The van der Waals surface area contributed by atoms with Gasteiger partial charge in [0.15, 0.2) is 0 Å². The molecule has 1 rings (SSSR count). The zero-order chi connectivity index (χ0) is 12.0. The molecule has 0 aromatic carbocycles. The fourth-order valence-corrected chi connectivity index (χ4v) is 2.05. The molecule has 1 saturated heterocycles. The minimum Gasteiger partial charge on any atom is -0.351 e. The van der Waals surface area contributed by atoms with E-state index in [0.29, 0.717) is 0 Å². The van der Waals surface area contributed by atoms with Crippen molar-refractivity contribution in [3.05, 3.63) is 0 Å². The monoisotopic (exact) mass is 227 g/mol. The first kappa shape index (κ1) is 13.0. The lowest BCUT2D eigenvalue weighted by atomic mass is 10.1. The van der Waals surface area contributed by atoms with E-state index >= 15 is 0 Å². The van der Waals surface area contributed by atoms with Crippen molar-refractivity contribution in [2.75, 3.05) is 13.1 Å². The fraction of sp³-hybridized carbons (Fsp3) is 0.818. The van der Waals surface area contributed by atoms with Crippen LogP contribution >= 0.6 is 0 Å². The minimum absolute atomic E-state index is 0.273. The van der Waals surface area contributed by atoms with Gasteiger partial charge in [-0.25, -0.2) is 4.79 Å². The van der Waals surface area contributed by atoms with Gasteiger partial charge in [0.1, 0.15) is 0 Å². The van der Waals surface area contributed by atoms with Gasteiger partial charge < -0.3 is 5.73 Å². The lowest BCUT2D eigenvalue weighted by Crippen LogP contribution is -2.49. The zero-order valence-electron chi connectivity index (χ0n) is 9.87. The Balaban J connectivity index is 2.46. The van der Waals surface area contributed by atoms with Gasteiger partial charge in [0.25, 0.3) is 0 Å². The van der Waals surface area contributed by atoms with Crippen LogP contribution in [0, 0.1) is 0 Å². The van der Waals surface area contributed by atoms with Gasteiger partial charge in [-0.3, -0.25) is 15.0 Å². The predicted molar refractivity (Wildman–Crippen MR) is 61.8 cm³/mol. The fourth-order valence-electron chi connectivity index (χ4n) is 2.05. The minimum atomic E-state index is -0.774. The summed E-state index contributed by atoms with van der Waals surface area (Å²) in [5.74, 6) is -0.298. The topological polar surface area (TPSA) is 75.4 Å². The number of hydrogen-bond acceptors (Lipinski definition) is 3. The summed E-state index contributed by atoms with van der Waals surface area (Å²) in [6.07, 6.45) is 5.97. The number of rotatable bonds is 2. The van der Waals surface area contributed by atoms with Crippen molar-refractivity contribution >= 4 is 11.9 Å². The van der Waals surface area contributed by atoms with E-state index in [1.54, 1.807) is 0 Å². The molecule has 0 saturated carbocycles. The maximum Gasteiger partial charge on any atom is 0.318 e. The van der Waals surface area contributed by atoms with E-state index in [2.05, 4.69) is 10.2 Å². The quantitative estimate of drug-likeness (QED) is 0.734. The molecule has 0 bridgehead atoms. The van der Waals surface area contributed by atoms with Crippen molar-refractivity contribution in [3.8, 4) is 0 Å². The van der Waals surface area contributed by atoms with Crippen molar-refractivity contribution in [1.29, 1.82) is 0 Å². The Kier molecular flexibility index (Phi) is 5.25. The highest BCUT2D eigenvalue weighted by molar-refractivity contribution is 5.96. The second kappa shape index (κ2) is 6.48. The van der Waals surface area contributed by atoms with Crippen LogP contribution in [-0.4, -0.2) is 36.0 Å². The zero-order valence-corrected chi connectivity index (χ0v) is 9.87. The molecule has 0 unspecified atom stereocenters. The summed E-state index contributed by atoms with van der Waals surface area (Å²) in [6.45, 7) is 3.67. The first-order valence-electron chi connectivity index (χ1n) is 5.95. The van der Waals surface area contributed by atoms with Crippen LogP contribution in [0.5, 0.6) is 0 Å². The van der Waals surface area contributed by atoms with Gasteiger partial charge >= 0.3 is 6.03 Å². The van der Waals surface area contributed by atoms with E-state index < -0.39 is 6.03 Å². The third kappa shape index (κ3) is 4.18. The third-order valence-electron chi connectivity index (χ3n) is 3.06. The van der Waals surface area contributed by atoms with Crippen molar-refractivity contribution in [2.24, 2.45) is 5.73 Å². The average Bonchev–Trinajstić information content (AvgIpc) is 2.15. The molecule has 1 fully saturated rings. The molecule has 1 heterocycles. The number of carbonyl (C=O) groups excluding carboxylic acids is 2. The highest BCUT2D eigenvalue weighted by Gasteiger charge is 2.22. The maximum atomic E-state index is 11.6. The predicted octanol–water partition coefficient (Wildman–Crippen LogP) is 0.836. The van der Waals surface area contributed by atoms with Crippen molar-refractivity contribution < 1.29 is 9.59 Å². The second-order valence-corrected chi connectivity index (χ2v) is 4.33. The SMILES string of the molecule is C[C@H](C(=O)NC(N)=O)N1CCCCCCC1. The Morgan fingerprint density at radius 2 is 1.62 bits per heavy atom. The van der Waals surface area contributed by atoms with Gasteiger partial charge in [-0.05, 0) is 32.9 Å². The number of imide groups is 1. The molecule has 1 aliphatic rings. The van der Waals surface area contributed by atoms with E-state index in [0.717, 1.165) is 25.9 Å². The molecule has 0 aromatic heterocycles. The van der Waals surface area contributed by atoms with Gasteiger partial charge in [0, 0.05) is 0 Å². The van der Waals surface area contributed by atoms with Crippen LogP contribution < -0.4 is 11.1 Å². The van der Waals surface area contributed by atoms with Crippen LogP contribution in [0.2, 0.25) is 0 Å². The largest absolute Gasteiger partial charge is 0.351 e. The molecular formula is C11H21N3O2. The van der Waals surface area contributed by atoms with E-state index in [4.69, 9.17) is 5.73 Å². The normalized spacial score (nSPS) is 20.6. The number of urea groups is 1. The summed E-state index contributed by atoms with van der Waals surface area (Å²) in [7, 11) is 0. The molecule has 3 amide bonds. The number of carbonyl (C=O) groups is 2. The Labute approximate surface area is 96.4 Å². The molecule has 16 heavy (non-hydrogen) atoms. The van der Waals surface area contributed by atoms with Crippen molar-refractivity contribution in [2.45, 2.75) is 45.1 Å². The molecule has 3 N–H and O–H groups in total. The number of hydrogen-bond donors (Lipinski definition) is 2. The van der Waals surface area contributed by atoms with E-state index in [9.17, 15) is 9.59 Å². The molecule has 5 nitrogen and oxygen atoms in total. The highest BCUT2D eigenvalue weighted by Crippen LogP contribution is 2.12.